The number of fused-ring (bicyclic) bond motifs is 1. The minimum Gasteiger partial charge on any atom is -0.550 e. The van der Waals surface area contributed by atoms with Gasteiger partial charge in [0, 0.05) is 55.6 Å². The van der Waals surface area contributed by atoms with Gasteiger partial charge in [-0.1, -0.05) is 0 Å². The zero-order valence-corrected chi connectivity index (χ0v) is 20.4. The van der Waals surface area contributed by atoms with E-state index in [9.17, 15) is 22.7 Å². The number of nitrogens with two attached hydrogens (primary N) is 1. The summed E-state index contributed by atoms with van der Waals surface area (Å²) in [6.45, 7) is 2.49. The van der Waals surface area contributed by atoms with Gasteiger partial charge in [0.15, 0.2) is 5.88 Å². The van der Waals surface area contributed by atoms with Gasteiger partial charge in [0.2, 0.25) is 10.0 Å². The molecule has 1 aromatic heterocycles. The molecule has 2 heterocycles. The number of carboxylic acids is 1. The second-order valence-corrected chi connectivity index (χ2v) is 10.7. The number of benzene rings is 1. The maximum atomic E-state index is 13.8. The number of likely N-dealkylation sites (tertiary alicyclic amines) is 1. The molecule has 0 atom stereocenters. The summed E-state index contributed by atoms with van der Waals surface area (Å²) in [5.74, 6) is -1.27. The molecule has 0 amide bonds. The molecule has 0 bridgehead atoms. The first-order valence-electron chi connectivity index (χ1n) is 10.2. The number of aromatic nitrogens is 1. The summed E-state index contributed by atoms with van der Waals surface area (Å²) in [5.41, 5.74) is 1.15. The van der Waals surface area contributed by atoms with E-state index in [1.165, 1.54) is 19.2 Å². The Hall–Kier alpha value is -2.30. The van der Waals surface area contributed by atoms with Gasteiger partial charge in [-0.2, -0.15) is 8.42 Å². The molecule has 1 aliphatic rings. The second kappa shape index (κ2) is 11.4. The van der Waals surface area contributed by atoms with E-state index < -0.39 is 32.1 Å². The number of methoxy groups -OCH3 is 1. The van der Waals surface area contributed by atoms with E-state index in [1.54, 1.807) is 6.07 Å². The molecule has 1 saturated heterocycles. The molecule has 0 spiro atoms. The molecule has 2 aromatic rings. The van der Waals surface area contributed by atoms with E-state index in [2.05, 4.69) is 14.8 Å². The van der Waals surface area contributed by atoms with Gasteiger partial charge < -0.3 is 24.1 Å². The fourth-order valence-corrected chi connectivity index (χ4v) is 4.48. The average Bonchev–Trinajstić information content (AvgIpc) is 2.98. The van der Waals surface area contributed by atoms with E-state index in [1.807, 2.05) is 4.57 Å². The Morgan fingerprint density at radius 3 is 2.38 bits per heavy atom. The number of nitrogens with zero attached hydrogens (tertiary/aromatic N) is 2. The molecule has 34 heavy (non-hydrogen) atoms. The van der Waals surface area contributed by atoms with Crippen molar-refractivity contribution >= 4 is 37.2 Å². The van der Waals surface area contributed by atoms with Crippen molar-refractivity contribution in [3.05, 3.63) is 29.6 Å². The van der Waals surface area contributed by atoms with Gasteiger partial charge in [0.25, 0.3) is 0 Å². The van der Waals surface area contributed by atoms with Gasteiger partial charge in [0.1, 0.15) is 5.82 Å². The molecule has 1 aliphatic heterocycles. The van der Waals surface area contributed by atoms with Crippen LogP contribution in [0.15, 0.2) is 18.2 Å². The van der Waals surface area contributed by atoms with Gasteiger partial charge in [0.05, 0.1) is 18.9 Å². The number of nitrogens with one attached hydrogen (secondary N) is 1. The van der Waals surface area contributed by atoms with Gasteiger partial charge in [-0.25, -0.2) is 22.7 Å². The second-order valence-electron chi connectivity index (χ2n) is 7.82. The van der Waals surface area contributed by atoms with Crippen molar-refractivity contribution in [2.75, 3.05) is 39.5 Å². The number of carboxylic acid groups (broad SMARTS) is 1. The van der Waals surface area contributed by atoms with Crippen LogP contribution in [-0.4, -0.2) is 76.4 Å². The number of piperidine rings is 1. The van der Waals surface area contributed by atoms with Crippen molar-refractivity contribution in [1.82, 2.24) is 14.2 Å². The van der Waals surface area contributed by atoms with Gasteiger partial charge >= 0.3 is 10.3 Å². The molecule has 4 N–H and O–H groups in total. The lowest BCUT2D eigenvalue weighted by Gasteiger charge is -2.33. The number of aliphatic carboxylic acids is 1. The van der Waals surface area contributed by atoms with E-state index in [4.69, 9.17) is 17.7 Å². The lowest BCUT2D eigenvalue weighted by atomic mass is 10.0. The third-order valence-electron chi connectivity index (χ3n) is 5.25. The number of carbonyl (C=O) groups excluding carboxylic acids is 1. The molecule has 15 heteroatoms. The number of rotatable bonds is 8. The first-order valence-corrected chi connectivity index (χ1v) is 13.6. The summed E-state index contributed by atoms with van der Waals surface area (Å²) in [4.78, 5) is 13.4. The smallest absolute Gasteiger partial charge is 0.330 e. The summed E-state index contributed by atoms with van der Waals surface area (Å²) in [5, 5.41) is 15.6. The maximum Gasteiger partial charge on any atom is 0.330 e. The van der Waals surface area contributed by atoms with Crippen molar-refractivity contribution in [1.29, 1.82) is 0 Å². The minimum absolute atomic E-state index is 0.0625. The fraction of sp³-hybridized carbons (Fsp3) is 0.526. The molecule has 192 valence electrons. The van der Waals surface area contributed by atoms with Crippen molar-refractivity contribution in [3.8, 4) is 5.88 Å². The average molecular weight is 524 g/mol. The summed E-state index contributed by atoms with van der Waals surface area (Å²) in [6.07, 6.45) is 2.34. The Kier molecular flexibility index (Phi) is 9.38. The molecule has 0 unspecified atom stereocenters. The highest BCUT2D eigenvalue weighted by Crippen LogP contribution is 2.38. The summed E-state index contributed by atoms with van der Waals surface area (Å²) in [6, 6.07) is 4.40. The van der Waals surface area contributed by atoms with Crippen molar-refractivity contribution in [3.63, 3.8) is 0 Å². The Morgan fingerprint density at radius 1 is 1.29 bits per heavy atom. The predicted molar refractivity (Wildman–Crippen MR) is 120 cm³/mol. The van der Waals surface area contributed by atoms with Crippen LogP contribution in [0.1, 0.15) is 24.4 Å². The summed E-state index contributed by atoms with van der Waals surface area (Å²) >= 11 is 0. The van der Waals surface area contributed by atoms with Crippen LogP contribution in [0, 0.1) is 5.82 Å². The highest BCUT2D eigenvalue weighted by atomic mass is 32.2. The Morgan fingerprint density at radius 2 is 1.88 bits per heavy atom. The van der Waals surface area contributed by atoms with E-state index >= 15 is 0 Å². The minimum atomic E-state index is -4.17. The van der Waals surface area contributed by atoms with Crippen LogP contribution in [0.4, 0.5) is 4.39 Å². The SMILES string of the molecule is COc1c(CC(=O)[O-])c2cc(F)ccc2n1C1CCN(CCNS(C)(=O)=O)CC1.NS(=O)(=O)O. The Balaban J connectivity index is 0.000000739. The summed E-state index contributed by atoms with van der Waals surface area (Å²) in [7, 11) is -5.89. The highest BCUT2D eigenvalue weighted by molar-refractivity contribution is 7.88. The Bertz CT molecular complexity index is 1210. The number of hydrogen-bond acceptors (Lipinski definition) is 8. The number of sulfonamides is 1. The summed E-state index contributed by atoms with van der Waals surface area (Å²) < 4.78 is 71.4. The lowest BCUT2D eigenvalue weighted by Crippen LogP contribution is -2.39. The first kappa shape index (κ1) is 27.9. The van der Waals surface area contributed by atoms with Crippen LogP contribution < -0.4 is 19.7 Å². The van der Waals surface area contributed by atoms with Crippen LogP contribution in [0.5, 0.6) is 5.88 Å². The van der Waals surface area contributed by atoms with Crippen LogP contribution in [-0.2, 0) is 31.5 Å². The molecular formula is C19H28FN4O8S2-. The Labute approximate surface area is 197 Å². The number of hydrogen-bond donors (Lipinski definition) is 3. The van der Waals surface area contributed by atoms with E-state index in [0.29, 0.717) is 29.9 Å². The van der Waals surface area contributed by atoms with Crippen LogP contribution in [0.25, 0.3) is 10.9 Å². The van der Waals surface area contributed by atoms with Crippen LogP contribution in [0.3, 0.4) is 0 Å². The third-order valence-corrected chi connectivity index (χ3v) is 5.98. The standard InChI is InChI=1S/C19H26FN3O5S.H3NO3S/c1-28-19-16(12-18(24)25)15-11-13(20)3-4-17(15)23(19)14-5-8-22(9-6-14)10-7-21-29(2,26)27;1-5(2,3)4/h3-4,11,14,21H,5-10,12H2,1-2H3,(H,24,25);(H3,1,2,3,4)/p-1. The van der Waals surface area contributed by atoms with E-state index in [-0.39, 0.29) is 12.5 Å². The predicted octanol–water partition coefficient (Wildman–Crippen LogP) is -0.985. The van der Waals surface area contributed by atoms with E-state index in [0.717, 1.165) is 37.7 Å². The van der Waals surface area contributed by atoms with Crippen molar-refractivity contribution < 1.29 is 40.4 Å². The molecule has 12 nitrogen and oxygen atoms in total. The zero-order valence-electron chi connectivity index (χ0n) is 18.7. The zero-order chi connectivity index (χ0) is 25.7. The van der Waals surface area contributed by atoms with Gasteiger partial charge in [-0.05, 0) is 31.0 Å². The maximum absolute atomic E-state index is 13.8. The number of carbonyl (C=O) groups is 1. The molecule has 1 aromatic carbocycles. The highest BCUT2D eigenvalue weighted by Gasteiger charge is 2.27. The monoisotopic (exact) mass is 523 g/mol. The molecule has 0 aliphatic carbocycles. The molecule has 3 rings (SSSR count). The lowest BCUT2D eigenvalue weighted by molar-refractivity contribution is -0.304. The van der Waals surface area contributed by atoms with Gasteiger partial charge in [-0.3, -0.25) is 4.55 Å². The van der Waals surface area contributed by atoms with Crippen LogP contribution in [0.2, 0.25) is 0 Å². The number of halogens is 1. The molecule has 0 saturated carbocycles. The van der Waals surface area contributed by atoms with Crippen LogP contribution >= 0.6 is 0 Å². The third kappa shape index (κ3) is 8.48. The quantitative estimate of drug-likeness (QED) is 0.366. The topological polar surface area (TPSA) is 184 Å². The molecule has 0 radical (unpaired) electrons. The van der Waals surface area contributed by atoms with Crippen molar-refractivity contribution in [2.45, 2.75) is 25.3 Å². The van der Waals surface area contributed by atoms with Gasteiger partial charge in [-0.15, -0.1) is 0 Å². The largest absolute Gasteiger partial charge is 0.550 e. The normalized spacial score (nSPS) is 15.7. The first-order chi connectivity index (χ1) is 15.7. The van der Waals surface area contributed by atoms with Crippen molar-refractivity contribution in [2.24, 2.45) is 5.14 Å². The molecular weight excluding hydrogens is 495 g/mol. The molecule has 1 fully saturated rings. The fourth-order valence-electron chi connectivity index (χ4n) is 4.02. The number of ether oxygens (including phenoxy) is 1.